The summed E-state index contributed by atoms with van der Waals surface area (Å²) < 4.78 is 6.11. The van der Waals surface area contributed by atoms with Gasteiger partial charge in [0.05, 0.1) is 5.92 Å². The number of benzene rings is 2. The van der Waals surface area contributed by atoms with Gasteiger partial charge < -0.3 is 9.84 Å². The molecule has 0 saturated heterocycles. The van der Waals surface area contributed by atoms with Crippen molar-refractivity contribution in [2.75, 3.05) is 0 Å². The molecule has 1 N–H and O–H groups in total. The van der Waals surface area contributed by atoms with E-state index in [0.29, 0.717) is 6.42 Å². The van der Waals surface area contributed by atoms with Crippen LogP contribution in [0.3, 0.4) is 0 Å². The van der Waals surface area contributed by atoms with Gasteiger partial charge in [-0.1, -0.05) is 48.5 Å². The maximum Gasteiger partial charge on any atom is 0.307 e. The molecule has 4 rings (SSSR count). The summed E-state index contributed by atoms with van der Waals surface area (Å²) in [6.45, 7) is 0. The van der Waals surface area contributed by atoms with Crippen LogP contribution in [0.25, 0.3) is 0 Å². The van der Waals surface area contributed by atoms with Crippen molar-refractivity contribution < 1.29 is 14.6 Å². The van der Waals surface area contributed by atoms with E-state index in [9.17, 15) is 9.90 Å². The van der Waals surface area contributed by atoms with Gasteiger partial charge in [0.2, 0.25) is 0 Å². The Bertz CT molecular complexity index is 680. The van der Waals surface area contributed by atoms with Crippen LogP contribution in [-0.4, -0.2) is 17.2 Å². The zero-order valence-corrected chi connectivity index (χ0v) is 11.5. The first kappa shape index (κ1) is 12.5. The van der Waals surface area contributed by atoms with E-state index in [1.807, 2.05) is 48.5 Å². The molecular formula is C18H16O3. The maximum atomic E-state index is 11.7. The fourth-order valence-electron chi connectivity index (χ4n) is 3.89. The van der Waals surface area contributed by atoms with Crippen molar-refractivity contribution in [1.29, 1.82) is 0 Å². The highest BCUT2D eigenvalue weighted by Gasteiger charge is 2.52. The molecule has 106 valence electrons. The van der Waals surface area contributed by atoms with E-state index in [-0.39, 0.29) is 23.9 Å². The number of ether oxygens (including phenoxy) is 1. The van der Waals surface area contributed by atoms with Crippen molar-refractivity contribution in [2.45, 2.75) is 24.4 Å². The Kier molecular flexibility index (Phi) is 2.74. The predicted octanol–water partition coefficient (Wildman–Crippen LogP) is 3.42. The number of carboxylic acid groups (broad SMARTS) is 1. The zero-order valence-electron chi connectivity index (χ0n) is 11.5. The van der Waals surface area contributed by atoms with Gasteiger partial charge in [-0.25, -0.2) is 0 Å². The smallest absolute Gasteiger partial charge is 0.307 e. The fourth-order valence-corrected chi connectivity index (χ4v) is 3.89. The third-order valence-electron chi connectivity index (χ3n) is 4.78. The molecule has 21 heavy (non-hydrogen) atoms. The molecule has 0 radical (unpaired) electrons. The number of fused-ring (bicyclic) bond motifs is 3. The van der Waals surface area contributed by atoms with Gasteiger partial charge in [-0.2, -0.15) is 0 Å². The van der Waals surface area contributed by atoms with E-state index < -0.39 is 5.97 Å². The molecule has 1 aliphatic heterocycles. The minimum Gasteiger partial charge on any atom is -0.489 e. The molecule has 4 atom stereocenters. The fraction of sp³-hybridized carbons (Fsp3) is 0.278. The molecule has 4 unspecified atom stereocenters. The lowest BCUT2D eigenvalue weighted by Gasteiger charge is -2.22. The van der Waals surface area contributed by atoms with Crippen molar-refractivity contribution in [3.05, 3.63) is 65.7 Å². The largest absolute Gasteiger partial charge is 0.489 e. The minimum absolute atomic E-state index is 0.0640. The average Bonchev–Trinajstić information content (AvgIpc) is 3.04. The first-order valence-electron chi connectivity index (χ1n) is 7.29. The normalized spacial score (nSPS) is 29.5. The number of hydrogen-bond donors (Lipinski definition) is 1. The molecule has 2 aromatic carbocycles. The summed E-state index contributed by atoms with van der Waals surface area (Å²) in [6, 6.07) is 17.9. The van der Waals surface area contributed by atoms with Crippen LogP contribution in [0, 0.1) is 5.92 Å². The Morgan fingerprint density at radius 3 is 2.52 bits per heavy atom. The summed E-state index contributed by atoms with van der Waals surface area (Å²) in [6.07, 6.45) is 0.585. The third-order valence-corrected chi connectivity index (χ3v) is 4.78. The van der Waals surface area contributed by atoms with E-state index in [1.54, 1.807) is 0 Å². The van der Waals surface area contributed by atoms with Gasteiger partial charge in [-0.05, 0) is 18.1 Å². The molecule has 3 nitrogen and oxygen atoms in total. The lowest BCUT2D eigenvalue weighted by Crippen LogP contribution is -2.26. The second-order valence-electron chi connectivity index (χ2n) is 5.84. The monoisotopic (exact) mass is 280 g/mol. The summed E-state index contributed by atoms with van der Waals surface area (Å²) in [7, 11) is 0. The Morgan fingerprint density at radius 1 is 1.05 bits per heavy atom. The zero-order chi connectivity index (χ0) is 14.4. The van der Waals surface area contributed by atoms with Gasteiger partial charge in [-0.3, -0.25) is 4.79 Å². The topological polar surface area (TPSA) is 46.5 Å². The van der Waals surface area contributed by atoms with E-state index in [1.165, 1.54) is 0 Å². The predicted molar refractivity (Wildman–Crippen MR) is 78.5 cm³/mol. The summed E-state index contributed by atoms with van der Waals surface area (Å²) in [5.41, 5.74) is 2.22. The molecule has 0 aromatic heterocycles. The van der Waals surface area contributed by atoms with Crippen LogP contribution in [0.15, 0.2) is 54.6 Å². The van der Waals surface area contributed by atoms with Crippen LogP contribution >= 0.6 is 0 Å². The molecule has 3 heteroatoms. The molecule has 2 aromatic rings. The van der Waals surface area contributed by atoms with Gasteiger partial charge in [0.15, 0.2) is 0 Å². The quantitative estimate of drug-likeness (QED) is 0.917. The van der Waals surface area contributed by atoms with Crippen molar-refractivity contribution in [2.24, 2.45) is 5.92 Å². The number of rotatable bonds is 2. The Labute approximate surface area is 123 Å². The average molecular weight is 280 g/mol. The van der Waals surface area contributed by atoms with Gasteiger partial charge in [0, 0.05) is 17.4 Å². The van der Waals surface area contributed by atoms with E-state index in [0.717, 1.165) is 16.9 Å². The van der Waals surface area contributed by atoms with Crippen LogP contribution < -0.4 is 4.74 Å². The highest BCUT2D eigenvalue weighted by molar-refractivity contribution is 5.73. The van der Waals surface area contributed by atoms with Crippen LogP contribution in [0.1, 0.15) is 29.4 Å². The summed E-state index contributed by atoms with van der Waals surface area (Å²) in [5.74, 6) is -0.0824. The van der Waals surface area contributed by atoms with Crippen molar-refractivity contribution >= 4 is 5.97 Å². The van der Waals surface area contributed by atoms with E-state index >= 15 is 0 Å². The number of hydrogen-bond acceptors (Lipinski definition) is 2. The molecule has 0 spiro atoms. The molecule has 1 heterocycles. The molecule has 1 aliphatic carbocycles. The van der Waals surface area contributed by atoms with Gasteiger partial charge >= 0.3 is 5.97 Å². The third kappa shape index (κ3) is 1.84. The Morgan fingerprint density at radius 2 is 1.76 bits per heavy atom. The summed E-state index contributed by atoms with van der Waals surface area (Å²) >= 11 is 0. The van der Waals surface area contributed by atoms with Crippen LogP contribution in [0.2, 0.25) is 0 Å². The molecule has 0 bridgehead atoms. The SMILES string of the molecule is O=C(O)C1CC2c3ccccc3OC2C1c1ccccc1. The Balaban J connectivity index is 1.77. The van der Waals surface area contributed by atoms with Crippen LogP contribution in [0.5, 0.6) is 5.75 Å². The summed E-state index contributed by atoms with van der Waals surface area (Å²) in [4.78, 5) is 11.7. The lowest BCUT2D eigenvalue weighted by molar-refractivity contribution is -0.142. The number of para-hydroxylation sites is 1. The van der Waals surface area contributed by atoms with Crippen LogP contribution in [-0.2, 0) is 4.79 Å². The standard InChI is InChI=1S/C18H16O3/c19-18(20)14-10-13-12-8-4-5-9-15(12)21-17(13)16(14)11-6-2-1-3-7-11/h1-9,13-14,16-17H,10H2,(H,19,20). The number of aliphatic carboxylic acids is 1. The second-order valence-corrected chi connectivity index (χ2v) is 5.84. The molecule has 2 aliphatic rings. The summed E-state index contributed by atoms with van der Waals surface area (Å²) in [5, 5.41) is 9.59. The van der Waals surface area contributed by atoms with Gasteiger partial charge in [0.1, 0.15) is 11.9 Å². The number of carbonyl (C=O) groups is 1. The Hall–Kier alpha value is -2.29. The minimum atomic E-state index is -0.723. The molecule has 1 saturated carbocycles. The first-order chi connectivity index (χ1) is 10.3. The van der Waals surface area contributed by atoms with Crippen molar-refractivity contribution in [3.8, 4) is 5.75 Å². The molecular weight excluding hydrogens is 264 g/mol. The van der Waals surface area contributed by atoms with Crippen molar-refractivity contribution in [1.82, 2.24) is 0 Å². The maximum absolute atomic E-state index is 11.7. The lowest BCUT2D eigenvalue weighted by atomic mass is 9.87. The van der Waals surface area contributed by atoms with Crippen molar-refractivity contribution in [3.63, 3.8) is 0 Å². The highest BCUT2D eigenvalue weighted by atomic mass is 16.5. The molecule has 1 fully saturated rings. The molecule has 0 amide bonds. The number of carboxylic acids is 1. The van der Waals surface area contributed by atoms with E-state index in [2.05, 4.69) is 6.07 Å². The highest BCUT2D eigenvalue weighted by Crippen LogP contribution is 2.55. The second kappa shape index (κ2) is 4.62. The van der Waals surface area contributed by atoms with Gasteiger partial charge in [-0.15, -0.1) is 0 Å². The van der Waals surface area contributed by atoms with Gasteiger partial charge in [0.25, 0.3) is 0 Å². The van der Waals surface area contributed by atoms with Crippen LogP contribution in [0.4, 0.5) is 0 Å². The van der Waals surface area contributed by atoms with E-state index in [4.69, 9.17) is 4.74 Å². The first-order valence-corrected chi connectivity index (χ1v) is 7.29.